The first-order valence-electron chi connectivity index (χ1n) is 5.36. The van der Waals surface area contributed by atoms with E-state index < -0.39 is 17.4 Å². The van der Waals surface area contributed by atoms with E-state index in [-0.39, 0.29) is 5.91 Å². The van der Waals surface area contributed by atoms with Gasteiger partial charge in [0.1, 0.15) is 6.04 Å². The first-order chi connectivity index (χ1) is 6.84. The van der Waals surface area contributed by atoms with Crippen LogP contribution in [0.1, 0.15) is 40.0 Å². The van der Waals surface area contributed by atoms with Crippen molar-refractivity contribution in [1.82, 2.24) is 4.90 Å². The number of carboxylic acid groups (broad SMARTS) is 1. The minimum Gasteiger partial charge on any atom is -0.480 e. The molecule has 86 valence electrons. The van der Waals surface area contributed by atoms with Gasteiger partial charge in [0.2, 0.25) is 5.91 Å². The summed E-state index contributed by atoms with van der Waals surface area (Å²) in [6.45, 7) is 6.14. The molecule has 0 spiro atoms. The Morgan fingerprint density at radius 1 is 1.40 bits per heavy atom. The Morgan fingerprint density at radius 3 is 2.40 bits per heavy atom. The normalized spacial score (nSPS) is 20.2. The quantitative estimate of drug-likeness (QED) is 0.756. The van der Waals surface area contributed by atoms with Crippen LogP contribution in [-0.4, -0.2) is 34.5 Å². The molecule has 1 aliphatic heterocycles. The van der Waals surface area contributed by atoms with E-state index in [9.17, 15) is 14.7 Å². The summed E-state index contributed by atoms with van der Waals surface area (Å²) >= 11 is 0. The number of carboxylic acids is 1. The standard InChI is InChI=1S/C11H19NO3/c1-11(2,3)9(10(14)15)12-7-5-4-6-8(12)13/h9H,4-7H2,1-3H3,(H,14,15). The van der Waals surface area contributed by atoms with Crippen molar-refractivity contribution in [2.75, 3.05) is 6.54 Å². The molecule has 15 heavy (non-hydrogen) atoms. The van der Waals surface area contributed by atoms with E-state index >= 15 is 0 Å². The van der Waals surface area contributed by atoms with Gasteiger partial charge in [-0.05, 0) is 18.3 Å². The number of likely N-dealkylation sites (tertiary alicyclic amines) is 1. The monoisotopic (exact) mass is 213 g/mol. The summed E-state index contributed by atoms with van der Waals surface area (Å²) in [6, 6.07) is -0.703. The second-order valence-electron chi connectivity index (χ2n) is 5.15. The number of hydrogen-bond acceptors (Lipinski definition) is 2. The summed E-state index contributed by atoms with van der Waals surface area (Å²) in [6.07, 6.45) is 2.28. The predicted molar refractivity (Wildman–Crippen MR) is 56.4 cm³/mol. The Balaban J connectivity index is 2.88. The van der Waals surface area contributed by atoms with Gasteiger partial charge in [-0.25, -0.2) is 4.79 Å². The van der Waals surface area contributed by atoms with Crippen LogP contribution in [0.15, 0.2) is 0 Å². The molecule has 0 aliphatic carbocycles. The molecule has 4 heteroatoms. The zero-order valence-corrected chi connectivity index (χ0v) is 9.62. The van der Waals surface area contributed by atoms with Crippen LogP contribution in [0.2, 0.25) is 0 Å². The van der Waals surface area contributed by atoms with Crippen LogP contribution >= 0.6 is 0 Å². The second-order valence-corrected chi connectivity index (χ2v) is 5.15. The van der Waals surface area contributed by atoms with E-state index in [0.717, 1.165) is 12.8 Å². The smallest absolute Gasteiger partial charge is 0.326 e. The van der Waals surface area contributed by atoms with E-state index in [0.29, 0.717) is 13.0 Å². The minimum absolute atomic E-state index is 0.0245. The molecule has 4 nitrogen and oxygen atoms in total. The van der Waals surface area contributed by atoms with Crippen molar-refractivity contribution in [3.8, 4) is 0 Å². The molecule has 1 N–H and O–H groups in total. The highest BCUT2D eigenvalue weighted by molar-refractivity contribution is 5.84. The number of rotatable bonds is 2. The lowest BCUT2D eigenvalue weighted by molar-refractivity contribution is -0.156. The molecule has 0 aromatic carbocycles. The van der Waals surface area contributed by atoms with E-state index in [2.05, 4.69) is 0 Å². The lowest BCUT2D eigenvalue weighted by atomic mass is 9.84. The molecule has 1 fully saturated rings. The third kappa shape index (κ3) is 2.70. The summed E-state index contributed by atoms with van der Waals surface area (Å²) in [4.78, 5) is 24.4. The van der Waals surface area contributed by atoms with Gasteiger partial charge in [-0.3, -0.25) is 4.79 Å². The van der Waals surface area contributed by atoms with Crippen molar-refractivity contribution in [1.29, 1.82) is 0 Å². The van der Waals surface area contributed by atoms with Crippen LogP contribution in [-0.2, 0) is 9.59 Å². The molecule has 0 bridgehead atoms. The molecular weight excluding hydrogens is 194 g/mol. The maximum Gasteiger partial charge on any atom is 0.326 e. The average Bonchev–Trinajstić information content (AvgIpc) is 2.05. The van der Waals surface area contributed by atoms with Gasteiger partial charge < -0.3 is 10.0 Å². The lowest BCUT2D eigenvalue weighted by Crippen LogP contribution is -2.53. The van der Waals surface area contributed by atoms with Crippen LogP contribution in [0.25, 0.3) is 0 Å². The lowest BCUT2D eigenvalue weighted by Gasteiger charge is -2.39. The highest BCUT2D eigenvalue weighted by Crippen LogP contribution is 2.27. The number of hydrogen-bond donors (Lipinski definition) is 1. The summed E-state index contributed by atoms with van der Waals surface area (Å²) in [5.41, 5.74) is -0.418. The highest BCUT2D eigenvalue weighted by Gasteiger charge is 2.39. The molecule has 1 rings (SSSR count). The fourth-order valence-corrected chi connectivity index (χ4v) is 2.07. The van der Waals surface area contributed by atoms with E-state index in [1.807, 2.05) is 20.8 Å². The Hall–Kier alpha value is -1.06. The third-order valence-electron chi connectivity index (χ3n) is 2.73. The molecule has 0 saturated carbocycles. The largest absolute Gasteiger partial charge is 0.480 e. The zero-order valence-electron chi connectivity index (χ0n) is 9.62. The fraction of sp³-hybridized carbons (Fsp3) is 0.818. The van der Waals surface area contributed by atoms with Crippen molar-refractivity contribution in [3.05, 3.63) is 0 Å². The number of piperidine rings is 1. The van der Waals surface area contributed by atoms with Gasteiger partial charge in [0.15, 0.2) is 0 Å². The zero-order chi connectivity index (χ0) is 11.6. The Labute approximate surface area is 90.3 Å². The third-order valence-corrected chi connectivity index (χ3v) is 2.73. The summed E-state index contributed by atoms with van der Waals surface area (Å²) < 4.78 is 0. The molecule has 1 heterocycles. The minimum atomic E-state index is -0.905. The topological polar surface area (TPSA) is 57.6 Å². The van der Waals surface area contributed by atoms with Crippen LogP contribution < -0.4 is 0 Å². The van der Waals surface area contributed by atoms with Crippen molar-refractivity contribution in [3.63, 3.8) is 0 Å². The van der Waals surface area contributed by atoms with Crippen molar-refractivity contribution >= 4 is 11.9 Å². The van der Waals surface area contributed by atoms with Gasteiger partial charge in [-0.1, -0.05) is 20.8 Å². The van der Waals surface area contributed by atoms with E-state index in [4.69, 9.17) is 0 Å². The molecule has 1 amide bonds. The van der Waals surface area contributed by atoms with Gasteiger partial charge >= 0.3 is 5.97 Å². The van der Waals surface area contributed by atoms with E-state index in [1.165, 1.54) is 4.90 Å². The first-order valence-corrected chi connectivity index (χ1v) is 5.36. The molecule has 1 saturated heterocycles. The van der Waals surface area contributed by atoms with E-state index in [1.54, 1.807) is 0 Å². The first kappa shape index (κ1) is 12.0. The number of carbonyl (C=O) groups is 2. The van der Waals surface area contributed by atoms with Gasteiger partial charge in [-0.2, -0.15) is 0 Å². The van der Waals surface area contributed by atoms with Crippen LogP contribution in [0.4, 0.5) is 0 Å². The Kier molecular flexibility index (Phi) is 3.37. The van der Waals surface area contributed by atoms with Crippen LogP contribution in [0.5, 0.6) is 0 Å². The van der Waals surface area contributed by atoms with Gasteiger partial charge in [-0.15, -0.1) is 0 Å². The Morgan fingerprint density at radius 2 is 2.00 bits per heavy atom. The maximum absolute atomic E-state index is 11.6. The van der Waals surface area contributed by atoms with Crippen molar-refractivity contribution in [2.45, 2.75) is 46.1 Å². The van der Waals surface area contributed by atoms with Crippen molar-refractivity contribution in [2.24, 2.45) is 5.41 Å². The summed E-state index contributed by atoms with van der Waals surface area (Å²) in [5, 5.41) is 9.19. The van der Waals surface area contributed by atoms with Crippen molar-refractivity contribution < 1.29 is 14.7 Å². The summed E-state index contributed by atoms with van der Waals surface area (Å²) in [5.74, 6) is -0.929. The molecule has 1 atom stereocenters. The molecule has 0 aromatic rings. The fourth-order valence-electron chi connectivity index (χ4n) is 2.07. The second kappa shape index (κ2) is 4.21. The molecule has 1 unspecified atom stereocenters. The van der Waals surface area contributed by atoms with Crippen LogP contribution in [0.3, 0.4) is 0 Å². The summed E-state index contributed by atoms with van der Waals surface area (Å²) in [7, 11) is 0. The van der Waals surface area contributed by atoms with Crippen LogP contribution in [0, 0.1) is 5.41 Å². The average molecular weight is 213 g/mol. The number of aliphatic carboxylic acids is 1. The molecule has 1 aliphatic rings. The molecule has 0 radical (unpaired) electrons. The number of nitrogens with zero attached hydrogens (tertiary/aromatic N) is 1. The van der Waals surface area contributed by atoms with Gasteiger partial charge in [0, 0.05) is 13.0 Å². The maximum atomic E-state index is 11.6. The van der Waals surface area contributed by atoms with Gasteiger partial charge in [0.25, 0.3) is 0 Å². The predicted octanol–water partition coefficient (Wildman–Crippen LogP) is 1.50. The number of amides is 1. The van der Waals surface area contributed by atoms with Gasteiger partial charge in [0.05, 0.1) is 0 Å². The number of carbonyl (C=O) groups excluding carboxylic acids is 1. The molecule has 0 aromatic heterocycles. The highest BCUT2D eigenvalue weighted by atomic mass is 16.4. The SMILES string of the molecule is CC(C)(C)C(C(=O)O)N1CCCCC1=O. The Bertz CT molecular complexity index is 267. The molecular formula is C11H19NO3.